The Labute approximate surface area is 183 Å². The topological polar surface area (TPSA) is 101 Å². The van der Waals surface area contributed by atoms with Crippen LogP contribution >= 0.6 is 34.8 Å². The molecule has 3 aromatic rings. The van der Waals surface area contributed by atoms with E-state index in [4.69, 9.17) is 55.7 Å². The normalized spacial score (nSPS) is 12.4. The van der Waals surface area contributed by atoms with Gasteiger partial charge in [0.15, 0.2) is 5.82 Å². The third-order valence-corrected chi connectivity index (χ3v) is 5.58. The first-order valence-electron chi connectivity index (χ1n) is 9.01. The second kappa shape index (κ2) is 9.82. The molecule has 0 spiro atoms. The van der Waals surface area contributed by atoms with Gasteiger partial charge in [-0.25, -0.2) is 9.97 Å². The van der Waals surface area contributed by atoms with Crippen LogP contribution in [0.5, 0.6) is 5.75 Å². The van der Waals surface area contributed by atoms with Crippen molar-refractivity contribution in [1.82, 2.24) is 14.5 Å². The van der Waals surface area contributed by atoms with E-state index in [0.717, 1.165) is 18.4 Å². The van der Waals surface area contributed by atoms with Gasteiger partial charge in [-0.2, -0.15) is 0 Å². The molecule has 0 radical (unpaired) electrons. The smallest absolute Gasteiger partial charge is 0.151 e. The maximum Gasteiger partial charge on any atom is 0.151 e. The highest BCUT2D eigenvalue weighted by Crippen LogP contribution is 2.35. The maximum atomic E-state index is 6.49. The summed E-state index contributed by atoms with van der Waals surface area (Å²) in [6.45, 7) is 1.37. The van der Waals surface area contributed by atoms with Crippen molar-refractivity contribution in [3.05, 3.63) is 45.3 Å². The molecule has 4 N–H and O–H groups in total. The Balaban J connectivity index is 1.82. The number of hydrogen-bond acceptors (Lipinski definition) is 6. The van der Waals surface area contributed by atoms with Crippen molar-refractivity contribution in [2.75, 3.05) is 26.1 Å². The summed E-state index contributed by atoms with van der Waals surface area (Å²) in [5, 5.41) is 1.30. The number of hydrogen-bond donors (Lipinski definition) is 2. The summed E-state index contributed by atoms with van der Waals surface area (Å²) in [5.74, 6) is 0.948. The van der Waals surface area contributed by atoms with E-state index in [1.165, 1.54) is 6.20 Å². The van der Waals surface area contributed by atoms with Gasteiger partial charge in [-0.05, 0) is 25.0 Å². The van der Waals surface area contributed by atoms with Crippen LogP contribution in [0.2, 0.25) is 15.1 Å². The molecule has 0 saturated carbocycles. The summed E-state index contributed by atoms with van der Waals surface area (Å²) in [6, 6.07) is 3.49. The van der Waals surface area contributed by atoms with Gasteiger partial charge in [0.1, 0.15) is 11.3 Å². The number of imidazole rings is 1. The van der Waals surface area contributed by atoms with E-state index in [9.17, 15) is 0 Å². The van der Waals surface area contributed by atoms with Crippen molar-refractivity contribution in [3.63, 3.8) is 0 Å². The first-order chi connectivity index (χ1) is 13.9. The molecule has 2 heterocycles. The quantitative estimate of drug-likeness (QED) is 0.467. The first kappa shape index (κ1) is 21.9. The minimum Gasteiger partial charge on any atom is -0.493 e. The number of benzene rings is 1. The Morgan fingerprint density at radius 1 is 1.17 bits per heavy atom. The van der Waals surface area contributed by atoms with E-state index < -0.39 is 0 Å². The number of anilines is 1. The fourth-order valence-electron chi connectivity index (χ4n) is 3.04. The van der Waals surface area contributed by atoms with Crippen molar-refractivity contribution in [1.29, 1.82) is 0 Å². The fourth-order valence-corrected chi connectivity index (χ4v) is 3.68. The minimum atomic E-state index is -0.0181. The molecule has 1 atom stereocenters. The van der Waals surface area contributed by atoms with Crippen LogP contribution < -0.4 is 16.2 Å². The zero-order chi connectivity index (χ0) is 21.0. The summed E-state index contributed by atoms with van der Waals surface area (Å²) in [6.07, 6.45) is 4.71. The summed E-state index contributed by atoms with van der Waals surface area (Å²) in [4.78, 5) is 8.35. The lowest BCUT2D eigenvalue weighted by Gasteiger charge is -2.16. The molecule has 156 valence electrons. The largest absolute Gasteiger partial charge is 0.493 e. The summed E-state index contributed by atoms with van der Waals surface area (Å²) in [7, 11) is 1.63. The SMILES string of the molecule is COC[C@H](N)CCCOc1ccc(Cl)c(Cl)c1Cn1cnc2c(N)ncc(Cl)c21. The summed E-state index contributed by atoms with van der Waals surface area (Å²) < 4.78 is 12.9. The number of nitrogens with two attached hydrogens (primary N) is 2. The monoisotopic (exact) mass is 457 g/mol. The van der Waals surface area contributed by atoms with Crippen LogP contribution in [0.4, 0.5) is 5.82 Å². The van der Waals surface area contributed by atoms with E-state index in [-0.39, 0.29) is 6.04 Å². The van der Waals surface area contributed by atoms with Crippen molar-refractivity contribution in [2.45, 2.75) is 25.4 Å². The zero-order valence-electron chi connectivity index (χ0n) is 15.9. The number of aromatic nitrogens is 3. The highest BCUT2D eigenvalue weighted by Gasteiger charge is 2.17. The van der Waals surface area contributed by atoms with Gasteiger partial charge in [0.2, 0.25) is 0 Å². The molecule has 29 heavy (non-hydrogen) atoms. The Hall–Kier alpha value is -1.77. The third-order valence-electron chi connectivity index (χ3n) is 4.46. The van der Waals surface area contributed by atoms with Gasteiger partial charge < -0.3 is 25.5 Å². The van der Waals surface area contributed by atoms with Gasteiger partial charge in [0, 0.05) is 18.7 Å². The van der Waals surface area contributed by atoms with Crippen LogP contribution in [0, 0.1) is 0 Å². The standard InChI is InChI=1S/C19H22Cl3N5O2/c1-28-9-11(23)3-2-6-29-15-5-4-13(20)16(22)12(15)8-27-10-26-17-18(27)14(21)7-25-19(17)24/h4-5,7,10-11H,2-3,6,8-9,23H2,1H3,(H2,24,25)/t11-/m1/s1. The number of methoxy groups -OCH3 is 1. The predicted octanol–water partition coefficient (Wildman–Crippen LogP) is 4.15. The van der Waals surface area contributed by atoms with Crippen molar-refractivity contribution >= 4 is 51.7 Å². The van der Waals surface area contributed by atoms with Gasteiger partial charge in [0.25, 0.3) is 0 Å². The molecule has 2 aromatic heterocycles. The van der Waals surface area contributed by atoms with Crippen LogP contribution in [0.15, 0.2) is 24.7 Å². The number of halogens is 3. The van der Waals surface area contributed by atoms with Crippen molar-refractivity contribution in [2.24, 2.45) is 5.73 Å². The lowest BCUT2D eigenvalue weighted by Crippen LogP contribution is -2.26. The van der Waals surface area contributed by atoms with Crippen LogP contribution in [0.1, 0.15) is 18.4 Å². The van der Waals surface area contributed by atoms with E-state index in [2.05, 4.69) is 9.97 Å². The minimum absolute atomic E-state index is 0.0181. The predicted molar refractivity (Wildman–Crippen MR) is 117 cm³/mol. The van der Waals surface area contributed by atoms with E-state index in [0.29, 0.717) is 57.4 Å². The molecular formula is C19H22Cl3N5O2. The molecule has 0 amide bonds. The number of nitrogens with zero attached hydrogens (tertiary/aromatic N) is 3. The molecule has 0 bridgehead atoms. The molecule has 7 nitrogen and oxygen atoms in total. The molecular weight excluding hydrogens is 437 g/mol. The van der Waals surface area contributed by atoms with Gasteiger partial charge in [0.05, 0.1) is 52.9 Å². The highest BCUT2D eigenvalue weighted by molar-refractivity contribution is 6.42. The average Bonchev–Trinajstić information content (AvgIpc) is 3.12. The van der Waals surface area contributed by atoms with Crippen LogP contribution in [0.25, 0.3) is 11.0 Å². The average molecular weight is 459 g/mol. The molecule has 3 rings (SSSR count). The number of nitrogen functional groups attached to an aromatic ring is 1. The number of ether oxygens (including phenoxy) is 2. The first-order valence-corrected chi connectivity index (χ1v) is 10.1. The second-order valence-electron chi connectivity index (χ2n) is 6.61. The number of rotatable bonds is 9. The molecule has 0 saturated heterocycles. The molecule has 0 fully saturated rings. The molecule has 0 unspecified atom stereocenters. The Morgan fingerprint density at radius 2 is 1.97 bits per heavy atom. The molecule has 0 aliphatic heterocycles. The fraction of sp³-hybridized carbons (Fsp3) is 0.368. The third kappa shape index (κ3) is 5.05. The molecule has 0 aliphatic carbocycles. The van der Waals surface area contributed by atoms with Gasteiger partial charge in [-0.1, -0.05) is 34.8 Å². The van der Waals surface area contributed by atoms with Crippen molar-refractivity contribution < 1.29 is 9.47 Å². The second-order valence-corrected chi connectivity index (χ2v) is 7.80. The number of pyridine rings is 1. The molecule has 1 aromatic carbocycles. The lowest BCUT2D eigenvalue weighted by atomic mass is 10.1. The number of fused-ring (bicyclic) bond motifs is 1. The van der Waals surface area contributed by atoms with Crippen LogP contribution in [-0.2, 0) is 11.3 Å². The van der Waals surface area contributed by atoms with Crippen LogP contribution in [0.3, 0.4) is 0 Å². The molecule has 10 heteroatoms. The van der Waals surface area contributed by atoms with Gasteiger partial charge in [-0.15, -0.1) is 0 Å². The van der Waals surface area contributed by atoms with Gasteiger partial charge in [-0.3, -0.25) is 0 Å². The highest BCUT2D eigenvalue weighted by atomic mass is 35.5. The maximum absolute atomic E-state index is 6.49. The lowest BCUT2D eigenvalue weighted by molar-refractivity contribution is 0.172. The Kier molecular flexibility index (Phi) is 7.43. The summed E-state index contributed by atoms with van der Waals surface area (Å²) in [5.41, 5.74) is 13.8. The van der Waals surface area contributed by atoms with E-state index in [1.54, 1.807) is 25.6 Å². The van der Waals surface area contributed by atoms with E-state index >= 15 is 0 Å². The molecule has 0 aliphatic rings. The zero-order valence-corrected chi connectivity index (χ0v) is 18.1. The van der Waals surface area contributed by atoms with E-state index in [1.807, 2.05) is 4.57 Å². The summed E-state index contributed by atoms with van der Waals surface area (Å²) >= 11 is 19.0. The Bertz CT molecular complexity index is 996. The van der Waals surface area contributed by atoms with Crippen molar-refractivity contribution in [3.8, 4) is 5.75 Å². The van der Waals surface area contributed by atoms with Gasteiger partial charge >= 0.3 is 0 Å². The Morgan fingerprint density at radius 3 is 2.72 bits per heavy atom. The van der Waals surface area contributed by atoms with Crippen LogP contribution in [-0.4, -0.2) is 40.9 Å².